The number of aliphatic hydroxyl groups excluding tert-OH is 1. The van der Waals surface area contributed by atoms with Crippen LogP contribution in [0.2, 0.25) is 0 Å². The van der Waals surface area contributed by atoms with Crippen LogP contribution >= 0.6 is 0 Å². The highest BCUT2D eigenvalue weighted by Crippen LogP contribution is 2.65. The highest BCUT2D eigenvalue weighted by atomic mass is 19.3. The number of aliphatic hydroxyl groups is 1. The SMILES string of the molecule is CC(C)C(OC(=O)C12CC3CC(CC(C3)C1)C2)C(F)(F)C(=O)O.CN1CC[C@]23c4c5ccc(O)c4O[C@H]2[C@@H](O)C=C[C@H]3[C@H]1C5c1ccccc1. The van der Waals surface area contributed by atoms with Gasteiger partial charge in [0.2, 0.25) is 0 Å². The van der Waals surface area contributed by atoms with Crippen LogP contribution in [0.25, 0.3) is 0 Å². The molecular weight excluding hydrogens is 644 g/mol. The summed E-state index contributed by atoms with van der Waals surface area (Å²) < 4.78 is 39.3. The Hall–Kier alpha value is -3.50. The Bertz CT molecular complexity index is 1680. The lowest BCUT2D eigenvalue weighted by molar-refractivity contribution is -0.211. The first-order valence-electron chi connectivity index (χ1n) is 18.2. The van der Waals surface area contributed by atoms with Crippen molar-refractivity contribution in [2.45, 2.75) is 100 Å². The molecule has 10 heteroatoms. The number of benzene rings is 2. The number of carbonyl (C=O) groups is 2. The van der Waals surface area contributed by atoms with E-state index in [0.717, 1.165) is 37.8 Å². The fraction of sp³-hybridized carbons (Fsp3) is 0.600. The van der Waals surface area contributed by atoms with Gasteiger partial charge in [-0.2, -0.15) is 8.78 Å². The van der Waals surface area contributed by atoms with Crippen molar-refractivity contribution in [3.05, 3.63) is 71.3 Å². The number of carboxylic acid groups (broad SMARTS) is 1. The zero-order valence-electron chi connectivity index (χ0n) is 28.8. The predicted octanol–water partition coefficient (Wildman–Crippen LogP) is 6.28. The number of hydrogen-bond donors (Lipinski definition) is 3. The Morgan fingerprint density at radius 2 is 1.64 bits per heavy atom. The number of likely N-dealkylation sites (N-methyl/N-ethyl adjacent to an activating group) is 1. The first kappa shape index (κ1) is 33.6. The molecule has 7 atom stereocenters. The molecule has 2 aromatic rings. The molecular formula is C40H47F2NO7. The van der Waals surface area contributed by atoms with Gasteiger partial charge < -0.3 is 29.7 Å². The Labute approximate surface area is 291 Å². The van der Waals surface area contributed by atoms with Gasteiger partial charge in [0, 0.05) is 28.9 Å². The zero-order valence-corrected chi connectivity index (χ0v) is 28.8. The lowest BCUT2D eigenvalue weighted by atomic mass is 9.49. The van der Waals surface area contributed by atoms with Gasteiger partial charge in [-0.25, -0.2) is 4.79 Å². The molecule has 1 spiro atoms. The zero-order chi connectivity index (χ0) is 35.3. The molecule has 2 heterocycles. The molecule has 10 rings (SSSR count). The number of alkyl halides is 2. The van der Waals surface area contributed by atoms with Gasteiger partial charge >= 0.3 is 17.9 Å². The van der Waals surface area contributed by atoms with E-state index in [4.69, 9.17) is 14.6 Å². The number of ether oxygens (including phenoxy) is 2. The van der Waals surface area contributed by atoms with E-state index >= 15 is 0 Å². The Balaban J connectivity index is 0.000000147. The maximum atomic E-state index is 13.9. The van der Waals surface area contributed by atoms with Gasteiger partial charge in [0.1, 0.15) is 12.2 Å². The number of hydrogen-bond acceptors (Lipinski definition) is 7. The quantitative estimate of drug-likeness (QED) is 0.240. The summed E-state index contributed by atoms with van der Waals surface area (Å²) in [6.07, 6.45) is 7.69. The number of carbonyl (C=O) groups excluding carboxylic acids is 1. The van der Waals surface area contributed by atoms with Gasteiger partial charge in [-0.3, -0.25) is 4.79 Å². The third-order valence-corrected chi connectivity index (χ3v) is 13.4. The number of esters is 1. The number of phenols is 1. The maximum Gasteiger partial charge on any atom is 0.378 e. The molecule has 8 aliphatic rings. The van der Waals surface area contributed by atoms with Crippen LogP contribution in [-0.4, -0.2) is 76.0 Å². The van der Waals surface area contributed by atoms with Crippen molar-refractivity contribution < 1.29 is 43.2 Å². The molecule has 6 aliphatic carbocycles. The summed E-state index contributed by atoms with van der Waals surface area (Å²) in [5, 5.41) is 30.1. The van der Waals surface area contributed by atoms with E-state index in [9.17, 15) is 28.6 Å². The van der Waals surface area contributed by atoms with E-state index in [0.29, 0.717) is 48.8 Å². The first-order chi connectivity index (χ1) is 23.8. The number of likely N-dealkylation sites (tertiary alicyclic amines) is 1. The molecule has 0 radical (unpaired) electrons. The molecule has 1 saturated heterocycles. The molecule has 5 fully saturated rings. The molecule has 6 bridgehead atoms. The van der Waals surface area contributed by atoms with E-state index < -0.39 is 41.4 Å². The van der Waals surface area contributed by atoms with Crippen LogP contribution in [0.4, 0.5) is 8.78 Å². The number of aromatic hydroxyl groups is 1. The summed E-state index contributed by atoms with van der Waals surface area (Å²) in [4.78, 5) is 26.1. The van der Waals surface area contributed by atoms with Crippen molar-refractivity contribution in [2.75, 3.05) is 13.6 Å². The van der Waals surface area contributed by atoms with Crippen LogP contribution in [0.3, 0.4) is 0 Å². The second-order valence-electron chi connectivity index (χ2n) is 16.7. The third-order valence-electron chi connectivity index (χ3n) is 13.4. The summed E-state index contributed by atoms with van der Waals surface area (Å²) >= 11 is 0. The predicted molar refractivity (Wildman–Crippen MR) is 180 cm³/mol. The number of carboxylic acids is 1. The van der Waals surface area contributed by atoms with E-state index in [-0.39, 0.29) is 29.1 Å². The minimum Gasteiger partial charge on any atom is -0.504 e. The van der Waals surface area contributed by atoms with Crippen molar-refractivity contribution in [1.82, 2.24) is 4.90 Å². The molecule has 2 aliphatic heterocycles. The average Bonchev–Trinajstić information content (AvgIpc) is 3.43. The number of rotatable bonds is 6. The topological polar surface area (TPSA) is 117 Å². The van der Waals surface area contributed by atoms with Crippen LogP contribution in [0.15, 0.2) is 54.6 Å². The molecule has 2 aromatic carbocycles. The maximum absolute atomic E-state index is 13.9. The smallest absolute Gasteiger partial charge is 0.378 e. The summed E-state index contributed by atoms with van der Waals surface area (Å²) in [6, 6.07) is 14.8. The molecule has 50 heavy (non-hydrogen) atoms. The Morgan fingerprint density at radius 3 is 2.24 bits per heavy atom. The van der Waals surface area contributed by atoms with Crippen LogP contribution in [-0.2, 0) is 19.7 Å². The van der Waals surface area contributed by atoms with E-state index in [1.807, 2.05) is 6.08 Å². The number of piperidine rings is 1. The average molecular weight is 692 g/mol. The lowest BCUT2D eigenvalue weighted by Crippen LogP contribution is -2.65. The second-order valence-corrected chi connectivity index (χ2v) is 16.7. The molecule has 0 aromatic heterocycles. The van der Waals surface area contributed by atoms with Crippen molar-refractivity contribution >= 4 is 11.9 Å². The van der Waals surface area contributed by atoms with Gasteiger partial charge in [0.05, 0.1) is 5.41 Å². The van der Waals surface area contributed by atoms with Crippen molar-refractivity contribution in [3.63, 3.8) is 0 Å². The fourth-order valence-corrected chi connectivity index (χ4v) is 11.7. The molecule has 268 valence electrons. The number of halogens is 2. The number of aliphatic carboxylic acids is 1. The summed E-state index contributed by atoms with van der Waals surface area (Å²) in [5.41, 5.74) is 2.77. The molecule has 2 unspecified atom stereocenters. The highest BCUT2D eigenvalue weighted by Gasteiger charge is 2.66. The van der Waals surface area contributed by atoms with Crippen molar-refractivity contribution in [3.8, 4) is 11.5 Å². The number of phenolic OH excluding ortho intramolecular Hbond substituents is 1. The highest BCUT2D eigenvalue weighted by molar-refractivity contribution is 5.80. The first-order valence-corrected chi connectivity index (χ1v) is 18.2. The lowest BCUT2D eigenvalue weighted by Gasteiger charge is -2.59. The van der Waals surface area contributed by atoms with Gasteiger partial charge in [-0.15, -0.1) is 0 Å². The largest absolute Gasteiger partial charge is 0.504 e. The summed E-state index contributed by atoms with van der Waals surface area (Å²) in [6.45, 7) is 3.86. The third kappa shape index (κ3) is 4.87. The Kier molecular flexibility index (Phi) is 7.92. The van der Waals surface area contributed by atoms with Gasteiger partial charge in [-0.05, 0) is 99.4 Å². The van der Waals surface area contributed by atoms with Crippen LogP contribution in [0, 0.1) is 35.0 Å². The van der Waals surface area contributed by atoms with Gasteiger partial charge in [0.25, 0.3) is 0 Å². The summed E-state index contributed by atoms with van der Waals surface area (Å²) in [5.74, 6) is -4.95. The van der Waals surface area contributed by atoms with Gasteiger partial charge in [0.15, 0.2) is 17.6 Å². The van der Waals surface area contributed by atoms with Gasteiger partial charge in [-0.1, -0.05) is 62.4 Å². The molecule has 0 amide bonds. The van der Waals surface area contributed by atoms with Crippen LogP contribution < -0.4 is 4.74 Å². The summed E-state index contributed by atoms with van der Waals surface area (Å²) in [7, 11) is 2.21. The van der Waals surface area contributed by atoms with E-state index in [1.54, 1.807) is 6.07 Å². The van der Waals surface area contributed by atoms with E-state index in [2.05, 4.69) is 54.4 Å². The van der Waals surface area contributed by atoms with Crippen LogP contribution in [0.5, 0.6) is 11.5 Å². The van der Waals surface area contributed by atoms with Crippen LogP contribution in [0.1, 0.15) is 81.4 Å². The fourth-order valence-electron chi connectivity index (χ4n) is 11.7. The Morgan fingerprint density at radius 1 is 1.00 bits per heavy atom. The monoisotopic (exact) mass is 691 g/mol. The normalized spacial score (nSPS) is 37.7. The molecule has 8 nitrogen and oxygen atoms in total. The minimum absolute atomic E-state index is 0.188. The van der Waals surface area contributed by atoms with Crippen molar-refractivity contribution in [1.29, 1.82) is 0 Å². The van der Waals surface area contributed by atoms with E-state index in [1.165, 1.54) is 25.0 Å². The molecule has 4 saturated carbocycles. The minimum atomic E-state index is -4.06. The van der Waals surface area contributed by atoms with Crippen molar-refractivity contribution in [2.24, 2.45) is 35.0 Å². The standard InChI is InChI=1S/C23H23NO3.C17H24F2O4/c1-24-12-11-23-15-8-10-17(26)22(23)27-21-16(25)9-7-14(19(21)23)18(20(15)24)13-5-3-2-4-6-13;1-9(2)13(17(18,19)14(20)21)23-15(22)16-6-10-3-11(7-16)5-12(4-10)8-16/h2-10,15,17-18,20,22,25-26H,11-12H2,1H3;9-13H,3-8H2,1-2H3,(H,20,21)/t15-,17-,18?,20-,22-,23-;/m0./s1. The number of nitrogens with zero attached hydrogens (tertiary/aromatic N) is 1. The second kappa shape index (κ2) is 11.8. The molecule has 3 N–H and O–H groups in total.